The minimum atomic E-state index is 0.0513. The van der Waals surface area contributed by atoms with Crippen LogP contribution < -0.4 is 10.1 Å². The molecule has 1 rings (SSSR count). The fourth-order valence-electron chi connectivity index (χ4n) is 1.32. The maximum atomic E-state index is 11.3. The van der Waals surface area contributed by atoms with Crippen LogP contribution in [0.3, 0.4) is 0 Å². The predicted octanol–water partition coefficient (Wildman–Crippen LogP) is 2.29. The van der Waals surface area contributed by atoms with Gasteiger partial charge in [-0.25, -0.2) is 0 Å². The summed E-state index contributed by atoms with van der Waals surface area (Å²) in [6.07, 6.45) is 1.37. The van der Waals surface area contributed by atoms with Crippen molar-refractivity contribution in [3.8, 4) is 5.75 Å². The van der Waals surface area contributed by atoms with Crippen molar-refractivity contribution in [2.24, 2.45) is 0 Å². The standard InChI is InChI=1S/C13H19NO2/c1-3-9-14-13(15)8-10-16-12-7-5-4-6-11(12)2/h4-7H,3,8-10H2,1-2H3,(H,14,15). The minimum absolute atomic E-state index is 0.0513. The van der Waals surface area contributed by atoms with Gasteiger partial charge in [-0.3, -0.25) is 4.79 Å². The van der Waals surface area contributed by atoms with Gasteiger partial charge in [0.15, 0.2) is 0 Å². The molecule has 1 N–H and O–H groups in total. The quantitative estimate of drug-likeness (QED) is 0.800. The molecule has 88 valence electrons. The van der Waals surface area contributed by atoms with Crippen molar-refractivity contribution in [3.05, 3.63) is 29.8 Å². The number of aryl methyl sites for hydroxylation is 1. The first-order chi connectivity index (χ1) is 7.74. The maximum absolute atomic E-state index is 11.3. The molecule has 1 aromatic rings. The summed E-state index contributed by atoms with van der Waals surface area (Å²) in [6, 6.07) is 7.81. The lowest BCUT2D eigenvalue weighted by Gasteiger charge is -2.08. The first-order valence-corrected chi connectivity index (χ1v) is 5.69. The Morgan fingerprint density at radius 2 is 2.12 bits per heavy atom. The Hall–Kier alpha value is -1.51. The molecule has 3 nitrogen and oxygen atoms in total. The zero-order chi connectivity index (χ0) is 11.8. The van der Waals surface area contributed by atoms with Crippen molar-refractivity contribution in [2.75, 3.05) is 13.2 Å². The van der Waals surface area contributed by atoms with Crippen molar-refractivity contribution in [1.82, 2.24) is 5.32 Å². The molecule has 0 radical (unpaired) electrons. The Labute approximate surface area is 96.8 Å². The highest BCUT2D eigenvalue weighted by Gasteiger charge is 2.01. The van der Waals surface area contributed by atoms with E-state index in [1.165, 1.54) is 0 Å². The summed E-state index contributed by atoms with van der Waals surface area (Å²) in [5.41, 5.74) is 1.09. The summed E-state index contributed by atoms with van der Waals surface area (Å²) in [5.74, 6) is 0.904. The first kappa shape index (κ1) is 12.6. The second kappa shape index (κ2) is 6.88. The van der Waals surface area contributed by atoms with Gasteiger partial charge in [0, 0.05) is 6.54 Å². The Balaban J connectivity index is 2.25. The molecule has 0 atom stereocenters. The molecule has 16 heavy (non-hydrogen) atoms. The number of hydrogen-bond acceptors (Lipinski definition) is 2. The van der Waals surface area contributed by atoms with Crippen LogP contribution in [-0.4, -0.2) is 19.1 Å². The van der Waals surface area contributed by atoms with E-state index in [2.05, 4.69) is 5.32 Å². The molecule has 0 aliphatic heterocycles. The van der Waals surface area contributed by atoms with Gasteiger partial charge in [-0.05, 0) is 25.0 Å². The molecule has 0 heterocycles. The van der Waals surface area contributed by atoms with Gasteiger partial charge in [0.05, 0.1) is 13.0 Å². The number of ether oxygens (including phenoxy) is 1. The lowest BCUT2D eigenvalue weighted by molar-refractivity contribution is -0.121. The predicted molar refractivity (Wildman–Crippen MR) is 64.6 cm³/mol. The van der Waals surface area contributed by atoms with Crippen LogP contribution in [0.4, 0.5) is 0 Å². The third-order valence-corrected chi connectivity index (χ3v) is 2.25. The van der Waals surface area contributed by atoms with Crippen molar-refractivity contribution in [1.29, 1.82) is 0 Å². The molecule has 0 fully saturated rings. The monoisotopic (exact) mass is 221 g/mol. The molecule has 1 amide bonds. The maximum Gasteiger partial charge on any atom is 0.223 e. The van der Waals surface area contributed by atoms with Gasteiger partial charge in [0.2, 0.25) is 5.91 Å². The number of para-hydroxylation sites is 1. The lowest BCUT2D eigenvalue weighted by atomic mass is 10.2. The highest BCUT2D eigenvalue weighted by Crippen LogP contribution is 2.15. The smallest absolute Gasteiger partial charge is 0.223 e. The Morgan fingerprint density at radius 1 is 1.38 bits per heavy atom. The summed E-state index contributed by atoms with van der Waals surface area (Å²) < 4.78 is 5.53. The number of carbonyl (C=O) groups is 1. The van der Waals surface area contributed by atoms with E-state index in [0.29, 0.717) is 13.0 Å². The van der Waals surface area contributed by atoms with E-state index in [0.717, 1.165) is 24.3 Å². The molecular formula is C13H19NO2. The van der Waals surface area contributed by atoms with E-state index in [1.54, 1.807) is 0 Å². The molecule has 0 spiro atoms. The van der Waals surface area contributed by atoms with Crippen molar-refractivity contribution in [2.45, 2.75) is 26.7 Å². The van der Waals surface area contributed by atoms with Gasteiger partial charge in [-0.15, -0.1) is 0 Å². The van der Waals surface area contributed by atoms with Gasteiger partial charge in [-0.2, -0.15) is 0 Å². The summed E-state index contributed by atoms with van der Waals surface area (Å²) >= 11 is 0. The fourth-order valence-corrected chi connectivity index (χ4v) is 1.32. The number of rotatable bonds is 6. The molecule has 0 saturated carbocycles. The molecule has 0 aliphatic carbocycles. The fraction of sp³-hybridized carbons (Fsp3) is 0.462. The first-order valence-electron chi connectivity index (χ1n) is 5.69. The Bertz CT molecular complexity index is 336. The van der Waals surface area contributed by atoms with Crippen LogP contribution in [-0.2, 0) is 4.79 Å². The molecule has 0 bridgehead atoms. The van der Waals surface area contributed by atoms with Gasteiger partial charge in [0.25, 0.3) is 0 Å². The highest BCUT2D eigenvalue weighted by molar-refractivity contribution is 5.75. The van der Waals surface area contributed by atoms with Crippen molar-refractivity contribution < 1.29 is 9.53 Å². The van der Waals surface area contributed by atoms with Crippen LogP contribution in [0, 0.1) is 6.92 Å². The van der Waals surface area contributed by atoms with E-state index in [1.807, 2.05) is 38.1 Å². The second-order valence-corrected chi connectivity index (χ2v) is 3.71. The summed E-state index contributed by atoms with van der Waals surface area (Å²) in [7, 11) is 0. The zero-order valence-electron chi connectivity index (χ0n) is 9.95. The van der Waals surface area contributed by atoms with Crippen LogP contribution >= 0.6 is 0 Å². The topological polar surface area (TPSA) is 38.3 Å². The van der Waals surface area contributed by atoms with Gasteiger partial charge in [0.1, 0.15) is 5.75 Å². The molecular weight excluding hydrogens is 202 g/mol. The Morgan fingerprint density at radius 3 is 2.81 bits per heavy atom. The third-order valence-electron chi connectivity index (χ3n) is 2.25. The minimum Gasteiger partial charge on any atom is -0.493 e. The number of nitrogens with one attached hydrogen (secondary N) is 1. The van der Waals surface area contributed by atoms with Crippen LogP contribution in [0.1, 0.15) is 25.3 Å². The van der Waals surface area contributed by atoms with Crippen LogP contribution in [0.15, 0.2) is 24.3 Å². The van der Waals surface area contributed by atoms with E-state index < -0.39 is 0 Å². The van der Waals surface area contributed by atoms with Crippen molar-refractivity contribution >= 4 is 5.91 Å². The van der Waals surface area contributed by atoms with Gasteiger partial charge >= 0.3 is 0 Å². The second-order valence-electron chi connectivity index (χ2n) is 3.71. The molecule has 0 aliphatic rings. The number of amides is 1. The zero-order valence-corrected chi connectivity index (χ0v) is 9.95. The van der Waals surface area contributed by atoms with E-state index >= 15 is 0 Å². The SMILES string of the molecule is CCCNC(=O)CCOc1ccccc1C. The highest BCUT2D eigenvalue weighted by atomic mass is 16.5. The van der Waals surface area contributed by atoms with E-state index in [-0.39, 0.29) is 5.91 Å². The number of carbonyl (C=O) groups excluding carboxylic acids is 1. The van der Waals surface area contributed by atoms with Crippen LogP contribution in [0.25, 0.3) is 0 Å². The molecule has 0 saturated heterocycles. The van der Waals surface area contributed by atoms with Crippen LogP contribution in [0.5, 0.6) is 5.75 Å². The summed E-state index contributed by atoms with van der Waals surface area (Å²) in [6.45, 7) is 5.19. The molecule has 0 unspecified atom stereocenters. The summed E-state index contributed by atoms with van der Waals surface area (Å²) in [5, 5.41) is 2.81. The average Bonchev–Trinajstić information content (AvgIpc) is 2.29. The third kappa shape index (κ3) is 4.34. The van der Waals surface area contributed by atoms with Gasteiger partial charge < -0.3 is 10.1 Å². The van der Waals surface area contributed by atoms with E-state index in [9.17, 15) is 4.79 Å². The van der Waals surface area contributed by atoms with E-state index in [4.69, 9.17) is 4.74 Å². The van der Waals surface area contributed by atoms with Crippen molar-refractivity contribution in [3.63, 3.8) is 0 Å². The number of benzene rings is 1. The Kier molecular flexibility index (Phi) is 5.40. The van der Waals surface area contributed by atoms with Crippen LogP contribution in [0.2, 0.25) is 0 Å². The molecule has 3 heteroatoms. The largest absolute Gasteiger partial charge is 0.493 e. The normalized spacial score (nSPS) is 9.88. The summed E-state index contributed by atoms with van der Waals surface area (Å²) in [4.78, 5) is 11.3. The molecule has 1 aromatic carbocycles. The molecule has 0 aromatic heterocycles. The lowest BCUT2D eigenvalue weighted by Crippen LogP contribution is -2.25. The number of hydrogen-bond donors (Lipinski definition) is 1. The average molecular weight is 221 g/mol. The van der Waals surface area contributed by atoms with Gasteiger partial charge in [-0.1, -0.05) is 25.1 Å².